The van der Waals surface area contributed by atoms with Gasteiger partial charge in [-0.25, -0.2) is 4.98 Å². The van der Waals surface area contributed by atoms with E-state index < -0.39 is 96.4 Å². The van der Waals surface area contributed by atoms with Gasteiger partial charge in [0.1, 0.15) is 42.3 Å². The Morgan fingerprint density at radius 2 is 1.15 bits per heavy atom. The number of carbonyl (C=O) groups is 9. The van der Waals surface area contributed by atoms with Crippen molar-refractivity contribution in [2.45, 2.75) is 120 Å². The SMILES string of the molecule is CC(C)C[C@H](N)C(=O)O.N=C(N)NCCC[C@H](N)C(=O)O.NCC(=O)O.NCCCC[C@H](N)C(=O)O.N[C@@H](CC(=O)O)C(=O)O.N[C@@H](CS)C(=O)O.N[C@@H](Cc1c[nH]cn1)C(=O)O.O=C(O)[C@@H]1CCCN1. The maximum atomic E-state index is 10.3. The predicted octanol–water partition coefficient (Wildman–Crippen LogP) is -4.95. The summed E-state index contributed by atoms with van der Waals surface area (Å²) >= 11 is 3.65. The van der Waals surface area contributed by atoms with Gasteiger partial charge in [0.05, 0.1) is 25.0 Å². The van der Waals surface area contributed by atoms with Gasteiger partial charge in [0.25, 0.3) is 0 Å². The standard InChI is InChI=1S/C6H14N4O2.C6H9N3O2.C6H14N2O2.C6H13NO2.C5H9NO2.C4H7NO4.C3H7NO2S.C2H5NO2/c7-4(5(11)12)2-1-3-10-6(8)9;7-5(6(10)11)1-4-2-8-3-9-4;7-4-2-1-3-5(8)6(9)10;1-4(2)3-5(7)6(8)9;7-5(8)4-2-1-3-6-4;5-2(4(8)9)1-3(6)7;4-2(1-7)3(5)6;3-1-2(4)5/h4H,1-3,7H2,(H,11,12)(H4,8,9,10);2-3,5H,1,7H2,(H,8,9)(H,10,11);5H,1-4,7-8H2,(H,9,10);4-5H,3,7H2,1-2H3,(H,8,9);4,6H,1-3H2,(H,7,8);2H,1,5H2,(H,6,7)(H,8,9);2,7H,1,4H2,(H,5,6);1,3H2,(H,4,5)/t4-;3*5-;4-;2*2-;/m0000000./s1. The quantitative estimate of drug-likeness (QED) is 0.0211. The molecule has 0 aliphatic carbocycles. The van der Waals surface area contributed by atoms with Crippen molar-refractivity contribution in [2.24, 2.45) is 57.5 Å². The Balaban J connectivity index is -0.000000172. The lowest BCUT2D eigenvalue weighted by Gasteiger charge is -2.07. The van der Waals surface area contributed by atoms with Crippen molar-refractivity contribution >= 4 is 72.3 Å². The molecule has 1 saturated heterocycles. The van der Waals surface area contributed by atoms with E-state index in [9.17, 15) is 43.2 Å². The van der Waals surface area contributed by atoms with Crippen molar-refractivity contribution in [3.8, 4) is 0 Å². The van der Waals surface area contributed by atoms with E-state index in [1.165, 1.54) is 6.33 Å². The molecule has 1 aliphatic heterocycles. The molecule has 71 heavy (non-hydrogen) atoms. The van der Waals surface area contributed by atoms with E-state index in [0.717, 1.165) is 32.2 Å². The fraction of sp³-hybridized carbons (Fsp3) is 0.658. The van der Waals surface area contributed by atoms with Gasteiger partial charge in [-0.3, -0.25) is 48.6 Å². The van der Waals surface area contributed by atoms with E-state index in [4.69, 9.17) is 97.2 Å². The Labute approximate surface area is 414 Å². The number of carboxylic acids is 9. The number of guanidine groups is 1. The average molecular weight is 1050 g/mol. The number of nitrogens with zero attached hydrogens (tertiary/aromatic N) is 1. The third kappa shape index (κ3) is 59.8. The third-order valence-corrected chi connectivity index (χ3v) is 8.11. The summed E-state index contributed by atoms with van der Waals surface area (Å²) in [4.78, 5) is 96.0. The number of nitrogens with two attached hydrogens (primary N) is 9. The normalized spacial score (nSPS) is 14.2. The molecule has 414 valence electrons. The summed E-state index contributed by atoms with van der Waals surface area (Å²) in [5.74, 6) is -8.61. The topological polar surface area (TPSA) is 646 Å². The maximum Gasteiger partial charge on any atom is 0.321 e. The van der Waals surface area contributed by atoms with Gasteiger partial charge in [0, 0.05) is 24.9 Å². The second kappa shape index (κ2) is 48.7. The monoisotopic (exact) mass is 1050 g/mol. The lowest BCUT2D eigenvalue weighted by atomic mass is 10.1. The van der Waals surface area contributed by atoms with Crippen molar-refractivity contribution in [1.29, 1.82) is 5.41 Å². The summed E-state index contributed by atoms with van der Waals surface area (Å²) in [5, 5.41) is 85.6. The molecule has 0 aromatic carbocycles. The highest BCUT2D eigenvalue weighted by Gasteiger charge is 2.20. The molecule has 2 heterocycles. The number of carboxylic acid groups (broad SMARTS) is 9. The van der Waals surface area contributed by atoms with Crippen LogP contribution in [0.3, 0.4) is 0 Å². The fourth-order valence-electron chi connectivity index (χ4n) is 3.87. The Bertz CT molecular complexity index is 1640. The number of aromatic amines is 1. The van der Waals surface area contributed by atoms with Gasteiger partial charge in [0.2, 0.25) is 0 Å². The van der Waals surface area contributed by atoms with Crippen LogP contribution in [0.5, 0.6) is 0 Å². The summed E-state index contributed by atoms with van der Waals surface area (Å²) in [7, 11) is 0. The van der Waals surface area contributed by atoms with Crippen molar-refractivity contribution < 1.29 is 89.1 Å². The molecule has 0 saturated carbocycles. The van der Waals surface area contributed by atoms with Gasteiger partial charge in [-0.1, -0.05) is 20.3 Å². The molecule has 1 aliphatic rings. The Morgan fingerprint density at radius 3 is 1.39 bits per heavy atom. The first kappa shape index (κ1) is 76.2. The van der Waals surface area contributed by atoms with Crippen LogP contribution in [0.25, 0.3) is 0 Å². The molecule has 2 rings (SSSR count). The van der Waals surface area contributed by atoms with Crippen LogP contribution >= 0.6 is 12.6 Å². The summed E-state index contributed by atoms with van der Waals surface area (Å²) in [5.41, 5.74) is 46.1. The van der Waals surface area contributed by atoms with E-state index in [1.807, 2.05) is 13.8 Å². The second-order valence-electron chi connectivity index (χ2n) is 14.7. The molecule has 1 aromatic rings. The first-order chi connectivity index (χ1) is 32.7. The first-order valence-corrected chi connectivity index (χ1v) is 21.7. The minimum Gasteiger partial charge on any atom is -0.481 e. The van der Waals surface area contributed by atoms with Gasteiger partial charge >= 0.3 is 53.7 Å². The number of aromatic nitrogens is 2. The molecule has 0 spiro atoms. The van der Waals surface area contributed by atoms with Gasteiger partial charge in [0.15, 0.2) is 5.96 Å². The van der Waals surface area contributed by atoms with E-state index in [1.54, 1.807) is 6.20 Å². The summed E-state index contributed by atoms with van der Waals surface area (Å²) in [6.45, 7) is 5.56. The van der Waals surface area contributed by atoms with Crippen LogP contribution < -0.4 is 62.2 Å². The number of imidazole rings is 1. The summed E-state index contributed by atoms with van der Waals surface area (Å²) in [6, 6.07) is -5.46. The Morgan fingerprint density at radius 1 is 0.704 bits per heavy atom. The predicted molar refractivity (Wildman–Crippen MR) is 259 cm³/mol. The number of nitrogens with one attached hydrogen (secondary N) is 4. The van der Waals surface area contributed by atoms with Crippen molar-refractivity contribution in [1.82, 2.24) is 20.6 Å². The van der Waals surface area contributed by atoms with Crippen molar-refractivity contribution in [2.75, 3.05) is 31.9 Å². The maximum absolute atomic E-state index is 10.3. The van der Waals surface area contributed by atoms with Crippen molar-refractivity contribution in [3.63, 3.8) is 0 Å². The number of rotatable bonds is 23. The van der Waals surface area contributed by atoms with E-state index in [-0.39, 0.29) is 30.7 Å². The Hall–Kier alpha value is -6.30. The van der Waals surface area contributed by atoms with Gasteiger partial charge in [-0.2, -0.15) is 12.6 Å². The molecule has 0 amide bonds. The number of hydrogen-bond donors (Lipinski definition) is 23. The molecule has 0 unspecified atom stereocenters. The van der Waals surface area contributed by atoms with Gasteiger partial charge in [-0.05, 0) is 64.0 Å². The number of thiol groups is 1. The van der Waals surface area contributed by atoms with Crippen LogP contribution in [0.4, 0.5) is 0 Å². The number of unbranched alkanes of at least 4 members (excludes halogenated alkanes) is 1. The number of hydrogen-bond acceptors (Lipinski definition) is 21. The second-order valence-corrected chi connectivity index (χ2v) is 15.1. The number of H-pyrrole nitrogens is 1. The largest absolute Gasteiger partial charge is 0.481 e. The average Bonchev–Trinajstić information content (AvgIpc) is 4.02. The fourth-order valence-corrected chi connectivity index (χ4v) is 4.03. The van der Waals surface area contributed by atoms with E-state index >= 15 is 0 Å². The molecule has 1 fully saturated rings. The zero-order valence-electron chi connectivity index (χ0n) is 39.7. The minimum absolute atomic E-state index is 0.112. The molecule has 33 heteroatoms. The molecule has 0 radical (unpaired) electrons. The zero-order valence-corrected chi connectivity index (χ0v) is 40.6. The van der Waals surface area contributed by atoms with Crippen LogP contribution in [0.2, 0.25) is 0 Å². The first-order valence-electron chi connectivity index (χ1n) is 21.1. The van der Waals surface area contributed by atoms with E-state index in [2.05, 4.69) is 39.0 Å². The molecule has 7 atom stereocenters. The molecule has 32 nitrogen and oxygen atoms in total. The van der Waals surface area contributed by atoms with Crippen LogP contribution in [0, 0.1) is 11.3 Å². The molecule has 1 aromatic heterocycles. The summed E-state index contributed by atoms with van der Waals surface area (Å²) < 4.78 is 0. The van der Waals surface area contributed by atoms with Crippen LogP contribution in [-0.4, -0.2) is 190 Å². The summed E-state index contributed by atoms with van der Waals surface area (Å²) in [6.07, 6.45) is 8.32. The highest BCUT2D eigenvalue weighted by atomic mass is 32.1. The lowest BCUT2D eigenvalue weighted by molar-refractivity contribution is -0.144. The number of aliphatic carboxylic acids is 9. The molecular weight excluding hydrogens is 973 g/mol. The highest BCUT2D eigenvalue weighted by molar-refractivity contribution is 7.80. The molecule has 0 bridgehead atoms. The smallest absolute Gasteiger partial charge is 0.321 e. The van der Waals surface area contributed by atoms with Gasteiger partial charge in [-0.15, -0.1) is 0 Å². The van der Waals surface area contributed by atoms with E-state index in [0.29, 0.717) is 50.4 Å². The van der Waals surface area contributed by atoms with Crippen LogP contribution in [0.1, 0.15) is 77.3 Å². The van der Waals surface area contributed by atoms with Crippen LogP contribution in [0.15, 0.2) is 12.5 Å². The zero-order chi connectivity index (χ0) is 56.8. The lowest BCUT2D eigenvalue weighted by Crippen LogP contribution is -2.34. The Kier molecular flexibility index (Phi) is 52.3. The minimum atomic E-state index is -1.29. The molecule has 31 N–H and O–H groups in total. The van der Waals surface area contributed by atoms with Gasteiger partial charge < -0.3 is 113 Å². The highest BCUT2D eigenvalue weighted by Crippen LogP contribution is 2.04. The van der Waals surface area contributed by atoms with Crippen molar-refractivity contribution in [3.05, 3.63) is 18.2 Å². The third-order valence-electron chi connectivity index (χ3n) is 7.71. The molecular formula is C38H78N14O18S. The van der Waals surface area contributed by atoms with Crippen LogP contribution in [-0.2, 0) is 49.6 Å².